The predicted molar refractivity (Wildman–Crippen MR) is 114 cm³/mol. The van der Waals surface area contributed by atoms with E-state index < -0.39 is 21.4 Å². The van der Waals surface area contributed by atoms with Gasteiger partial charge in [0.25, 0.3) is 5.56 Å². The zero-order valence-electron chi connectivity index (χ0n) is 15.9. The standard InChI is InChI=1S/C21H16FN5O3S/c22-15-8-6-14(7-9-15)19-20(21(28)27(26-19)17-4-2-1-3-5-17)25-24-16-10-12-18(13-11-16)31(23,29)30/h1-13,26H,(H2,23,29,30). The molecule has 0 saturated carbocycles. The summed E-state index contributed by atoms with van der Waals surface area (Å²) in [5.74, 6) is -0.410. The molecule has 156 valence electrons. The molecule has 0 aliphatic heterocycles. The maximum absolute atomic E-state index is 13.4. The SMILES string of the molecule is NS(=O)(=O)c1ccc(N=Nc2c(-c3ccc(F)cc3)[nH]n(-c3ccccc3)c2=O)cc1. The molecule has 1 heterocycles. The van der Waals surface area contributed by atoms with E-state index in [0.29, 0.717) is 22.6 Å². The number of H-pyrrole nitrogens is 1. The molecule has 3 N–H and O–H groups in total. The number of sulfonamides is 1. The van der Waals surface area contributed by atoms with Gasteiger partial charge >= 0.3 is 0 Å². The molecule has 0 unspecified atom stereocenters. The quantitative estimate of drug-likeness (QED) is 0.458. The van der Waals surface area contributed by atoms with E-state index in [9.17, 15) is 17.6 Å². The van der Waals surface area contributed by atoms with Crippen LogP contribution in [0.4, 0.5) is 15.8 Å². The molecule has 0 aliphatic carbocycles. The first-order chi connectivity index (χ1) is 14.8. The lowest BCUT2D eigenvalue weighted by Crippen LogP contribution is -2.13. The van der Waals surface area contributed by atoms with E-state index in [1.165, 1.54) is 53.2 Å². The van der Waals surface area contributed by atoms with E-state index in [-0.39, 0.29) is 10.6 Å². The lowest BCUT2D eigenvalue weighted by Gasteiger charge is -2.01. The first-order valence-electron chi connectivity index (χ1n) is 9.04. The fourth-order valence-corrected chi connectivity index (χ4v) is 3.42. The fraction of sp³-hybridized carbons (Fsp3) is 0. The largest absolute Gasteiger partial charge is 0.299 e. The van der Waals surface area contributed by atoms with Crippen molar-refractivity contribution in [1.29, 1.82) is 0 Å². The zero-order chi connectivity index (χ0) is 22.0. The highest BCUT2D eigenvalue weighted by Crippen LogP contribution is 2.28. The van der Waals surface area contributed by atoms with Crippen molar-refractivity contribution in [2.75, 3.05) is 0 Å². The molecule has 0 fully saturated rings. The fourth-order valence-electron chi connectivity index (χ4n) is 2.91. The van der Waals surface area contributed by atoms with Gasteiger partial charge < -0.3 is 0 Å². The monoisotopic (exact) mass is 437 g/mol. The van der Waals surface area contributed by atoms with Crippen LogP contribution in [-0.4, -0.2) is 18.2 Å². The molecule has 10 heteroatoms. The van der Waals surface area contributed by atoms with Crippen LogP contribution < -0.4 is 10.7 Å². The van der Waals surface area contributed by atoms with Crippen molar-refractivity contribution in [2.24, 2.45) is 15.4 Å². The number of nitrogens with zero attached hydrogens (tertiary/aromatic N) is 3. The second-order valence-electron chi connectivity index (χ2n) is 6.56. The lowest BCUT2D eigenvalue weighted by atomic mass is 10.1. The Bertz CT molecular complexity index is 1410. The summed E-state index contributed by atoms with van der Waals surface area (Å²) in [4.78, 5) is 13.0. The molecule has 0 amide bonds. The number of nitrogens with one attached hydrogen (secondary N) is 1. The van der Waals surface area contributed by atoms with E-state index in [1.807, 2.05) is 6.07 Å². The Morgan fingerprint density at radius 2 is 1.52 bits per heavy atom. The number of primary sulfonamides is 1. The maximum atomic E-state index is 13.4. The average Bonchev–Trinajstić information content (AvgIpc) is 3.09. The number of azo groups is 1. The van der Waals surface area contributed by atoms with Crippen molar-refractivity contribution in [3.63, 3.8) is 0 Å². The second-order valence-corrected chi connectivity index (χ2v) is 8.12. The van der Waals surface area contributed by atoms with Gasteiger partial charge in [0.1, 0.15) is 5.82 Å². The van der Waals surface area contributed by atoms with Gasteiger partial charge in [-0.3, -0.25) is 9.89 Å². The Labute approximate surface area is 176 Å². The number of rotatable bonds is 5. The molecule has 0 atom stereocenters. The molecule has 0 radical (unpaired) electrons. The number of halogens is 1. The molecule has 4 rings (SSSR count). The van der Waals surface area contributed by atoms with Crippen LogP contribution in [0, 0.1) is 5.82 Å². The Kier molecular flexibility index (Phi) is 5.32. The first kappa shape index (κ1) is 20.4. The van der Waals surface area contributed by atoms with E-state index >= 15 is 0 Å². The number of nitrogens with two attached hydrogens (primary N) is 1. The van der Waals surface area contributed by atoms with E-state index in [4.69, 9.17) is 5.14 Å². The predicted octanol–water partition coefficient (Wildman–Crippen LogP) is 4.03. The summed E-state index contributed by atoms with van der Waals surface area (Å²) in [6.45, 7) is 0. The van der Waals surface area contributed by atoms with Crippen LogP contribution in [0.2, 0.25) is 0 Å². The van der Waals surface area contributed by atoms with Crippen molar-refractivity contribution < 1.29 is 12.8 Å². The van der Waals surface area contributed by atoms with Crippen LogP contribution in [0.5, 0.6) is 0 Å². The third-order valence-corrected chi connectivity index (χ3v) is 5.37. The molecule has 8 nitrogen and oxygen atoms in total. The van der Waals surface area contributed by atoms with Crippen molar-refractivity contribution in [2.45, 2.75) is 4.90 Å². The third-order valence-electron chi connectivity index (χ3n) is 4.44. The third kappa shape index (κ3) is 4.34. The van der Waals surface area contributed by atoms with Gasteiger partial charge in [0, 0.05) is 5.56 Å². The van der Waals surface area contributed by atoms with E-state index in [1.54, 1.807) is 24.3 Å². The normalized spacial score (nSPS) is 11.8. The van der Waals surface area contributed by atoms with Gasteiger partial charge in [0.2, 0.25) is 10.0 Å². The Morgan fingerprint density at radius 3 is 2.13 bits per heavy atom. The zero-order valence-corrected chi connectivity index (χ0v) is 16.8. The Morgan fingerprint density at radius 1 is 0.871 bits per heavy atom. The first-order valence-corrected chi connectivity index (χ1v) is 10.6. The van der Waals surface area contributed by atoms with Gasteiger partial charge in [-0.1, -0.05) is 18.2 Å². The van der Waals surface area contributed by atoms with Crippen LogP contribution in [0.15, 0.2) is 98.8 Å². The maximum Gasteiger partial charge on any atom is 0.299 e. The highest BCUT2D eigenvalue weighted by molar-refractivity contribution is 7.89. The smallest absolute Gasteiger partial charge is 0.288 e. The number of hydrogen-bond acceptors (Lipinski definition) is 5. The van der Waals surface area contributed by atoms with Gasteiger partial charge in [-0.15, -0.1) is 5.11 Å². The average molecular weight is 437 g/mol. The van der Waals surface area contributed by atoms with Crippen LogP contribution in [0.3, 0.4) is 0 Å². The van der Waals surface area contributed by atoms with E-state index in [2.05, 4.69) is 15.3 Å². The number of hydrogen-bond donors (Lipinski definition) is 2. The van der Waals surface area contributed by atoms with Gasteiger partial charge in [0.15, 0.2) is 5.69 Å². The highest BCUT2D eigenvalue weighted by Gasteiger charge is 2.17. The van der Waals surface area contributed by atoms with Gasteiger partial charge in [-0.2, -0.15) is 5.11 Å². The highest BCUT2D eigenvalue weighted by atomic mass is 32.2. The summed E-state index contributed by atoms with van der Waals surface area (Å²) < 4.78 is 37.4. The summed E-state index contributed by atoms with van der Waals surface area (Å²) in [6, 6.07) is 19.9. The molecule has 4 aromatic rings. The summed E-state index contributed by atoms with van der Waals surface area (Å²) in [5, 5.41) is 16.2. The molecular weight excluding hydrogens is 421 g/mol. The Hall–Kier alpha value is -3.89. The molecule has 0 aliphatic rings. The number of para-hydroxylation sites is 1. The molecule has 31 heavy (non-hydrogen) atoms. The summed E-state index contributed by atoms with van der Waals surface area (Å²) in [5.41, 5.74) is 1.39. The number of benzene rings is 3. The van der Waals surface area contributed by atoms with Crippen LogP contribution in [0.1, 0.15) is 0 Å². The van der Waals surface area contributed by atoms with Crippen LogP contribution in [0.25, 0.3) is 16.9 Å². The molecule has 0 saturated heterocycles. The number of aromatic amines is 1. The Balaban J connectivity index is 1.80. The molecule has 0 bridgehead atoms. The van der Waals surface area contributed by atoms with E-state index in [0.717, 1.165) is 0 Å². The summed E-state index contributed by atoms with van der Waals surface area (Å²) in [6.07, 6.45) is 0. The summed E-state index contributed by atoms with van der Waals surface area (Å²) in [7, 11) is -3.83. The van der Waals surface area contributed by atoms with Crippen LogP contribution in [-0.2, 0) is 10.0 Å². The number of aromatic nitrogens is 2. The van der Waals surface area contributed by atoms with Gasteiger partial charge in [-0.05, 0) is 60.7 Å². The molecule has 1 aromatic heterocycles. The lowest BCUT2D eigenvalue weighted by molar-refractivity contribution is 0.598. The van der Waals surface area contributed by atoms with Crippen LogP contribution >= 0.6 is 0 Å². The van der Waals surface area contributed by atoms with Crippen molar-refractivity contribution >= 4 is 21.4 Å². The van der Waals surface area contributed by atoms with Crippen molar-refractivity contribution in [3.8, 4) is 16.9 Å². The van der Waals surface area contributed by atoms with Gasteiger partial charge in [0.05, 0.1) is 22.0 Å². The topological polar surface area (TPSA) is 123 Å². The van der Waals surface area contributed by atoms with Gasteiger partial charge in [-0.25, -0.2) is 22.6 Å². The minimum absolute atomic E-state index is 0.0194. The van der Waals surface area contributed by atoms with Crippen molar-refractivity contribution in [1.82, 2.24) is 9.78 Å². The molecular formula is C21H16FN5O3S. The minimum atomic E-state index is -3.83. The minimum Gasteiger partial charge on any atom is -0.288 e. The summed E-state index contributed by atoms with van der Waals surface area (Å²) >= 11 is 0. The second kappa shape index (κ2) is 8.09. The molecule has 3 aromatic carbocycles. The molecule has 0 spiro atoms. The van der Waals surface area contributed by atoms with Crippen molar-refractivity contribution in [3.05, 3.63) is 95.0 Å².